The average molecular weight is 232 g/mol. The normalized spacial score (nSPS) is 11.8. The Hall–Kier alpha value is -1.57. The molecule has 0 N–H and O–H groups in total. The van der Waals surface area contributed by atoms with Crippen LogP contribution in [0.1, 0.15) is 31.9 Å². The SMILES string of the molecule is C1=Cc2ccccc2C1.CCOC(=O)C(C)C. The molecule has 1 aromatic rings. The molecule has 0 spiro atoms. The van der Waals surface area contributed by atoms with Crippen LogP contribution in [0, 0.1) is 5.92 Å². The van der Waals surface area contributed by atoms with Crippen molar-refractivity contribution >= 4 is 12.0 Å². The maximum Gasteiger partial charge on any atom is 0.308 e. The van der Waals surface area contributed by atoms with Crippen molar-refractivity contribution in [2.75, 3.05) is 6.61 Å². The van der Waals surface area contributed by atoms with Gasteiger partial charge in [-0.2, -0.15) is 0 Å². The second-order valence-corrected chi connectivity index (χ2v) is 4.21. The summed E-state index contributed by atoms with van der Waals surface area (Å²) >= 11 is 0. The van der Waals surface area contributed by atoms with Gasteiger partial charge in [-0.25, -0.2) is 0 Å². The number of carbonyl (C=O) groups is 1. The zero-order valence-electron chi connectivity index (χ0n) is 10.8. The van der Waals surface area contributed by atoms with Gasteiger partial charge in [0.25, 0.3) is 0 Å². The van der Waals surface area contributed by atoms with Gasteiger partial charge >= 0.3 is 5.97 Å². The van der Waals surface area contributed by atoms with E-state index in [2.05, 4.69) is 41.2 Å². The van der Waals surface area contributed by atoms with Gasteiger partial charge in [-0.05, 0) is 24.5 Å². The number of fused-ring (bicyclic) bond motifs is 1. The summed E-state index contributed by atoms with van der Waals surface area (Å²) in [6, 6.07) is 8.49. The van der Waals surface area contributed by atoms with E-state index in [0.717, 1.165) is 6.42 Å². The lowest BCUT2D eigenvalue weighted by Gasteiger charge is -2.01. The van der Waals surface area contributed by atoms with Crippen LogP contribution in [0.5, 0.6) is 0 Å². The summed E-state index contributed by atoms with van der Waals surface area (Å²) in [6.45, 7) is 5.92. The fourth-order valence-corrected chi connectivity index (χ4v) is 1.50. The van der Waals surface area contributed by atoms with Gasteiger partial charge in [0.15, 0.2) is 0 Å². The van der Waals surface area contributed by atoms with E-state index in [4.69, 9.17) is 0 Å². The molecular formula is C15H20O2. The fraction of sp³-hybridized carbons (Fsp3) is 0.400. The highest BCUT2D eigenvalue weighted by Gasteiger charge is 2.05. The van der Waals surface area contributed by atoms with E-state index < -0.39 is 0 Å². The van der Waals surface area contributed by atoms with Crippen LogP contribution in [0.2, 0.25) is 0 Å². The first kappa shape index (κ1) is 13.5. The van der Waals surface area contributed by atoms with Crippen molar-refractivity contribution in [1.29, 1.82) is 0 Å². The molecule has 0 aliphatic heterocycles. The van der Waals surface area contributed by atoms with Gasteiger partial charge in [-0.15, -0.1) is 0 Å². The molecule has 0 aromatic heterocycles. The standard InChI is InChI=1S/C9H8.C6H12O2/c1-2-5-9-7-3-6-8(9)4-1;1-4-8-6(7)5(2)3/h1-6H,7H2;5H,4H2,1-3H3. The predicted molar refractivity (Wildman–Crippen MR) is 70.7 cm³/mol. The molecule has 0 atom stereocenters. The molecule has 0 saturated heterocycles. The molecule has 0 amide bonds. The predicted octanol–water partition coefficient (Wildman–Crippen LogP) is 3.46. The lowest BCUT2D eigenvalue weighted by molar-refractivity contribution is -0.146. The Morgan fingerprint density at radius 1 is 1.35 bits per heavy atom. The highest BCUT2D eigenvalue weighted by Crippen LogP contribution is 2.17. The average Bonchev–Trinajstić information content (AvgIpc) is 2.78. The fourth-order valence-electron chi connectivity index (χ4n) is 1.50. The van der Waals surface area contributed by atoms with Crippen molar-refractivity contribution in [3.8, 4) is 0 Å². The molecule has 0 heterocycles. The van der Waals surface area contributed by atoms with Crippen molar-refractivity contribution in [3.05, 3.63) is 41.5 Å². The van der Waals surface area contributed by atoms with E-state index >= 15 is 0 Å². The number of allylic oxidation sites excluding steroid dienone is 1. The van der Waals surface area contributed by atoms with E-state index in [1.807, 2.05) is 13.8 Å². The first-order valence-electron chi connectivity index (χ1n) is 6.06. The maximum atomic E-state index is 10.5. The second-order valence-electron chi connectivity index (χ2n) is 4.21. The van der Waals surface area contributed by atoms with Crippen molar-refractivity contribution in [2.24, 2.45) is 5.92 Å². The van der Waals surface area contributed by atoms with Crippen LogP contribution in [0.25, 0.3) is 6.08 Å². The van der Waals surface area contributed by atoms with Crippen molar-refractivity contribution < 1.29 is 9.53 Å². The minimum absolute atomic E-state index is 0.00921. The Morgan fingerprint density at radius 3 is 2.59 bits per heavy atom. The number of ether oxygens (including phenoxy) is 1. The molecule has 2 rings (SSSR count). The van der Waals surface area contributed by atoms with Crippen molar-refractivity contribution in [3.63, 3.8) is 0 Å². The van der Waals surface area contributed by atoms with Gasteiger partial charge in [-0.3, -0.25) is 4.79 Å². The summed E-state index contributed by atoms with van der Waals surface area (Å²) in [6.07, 6.45) is 5.50. The van der Waals surface area contributed by atoms with E-state index in [9.17, 15) is 4.79 Å². The van der Waals surface area contributed by atoms with E-state index in [1.165, 1.54) is 11.1 Å². The smallest absolute Gasteiger partial charge is 0.308 e. The van der Waals surface area contributed by atoms with Crippen LogP contribution >= 0.6 is 0 Å². The minimum atomic E-state index is -0.118. The Morgan fingerprint density at radius 2 is 2.06 bits per heavy atom. The molecule has 0 fully saturated rings. The Kier molecular flexibility index (Phi) is 5.47. The summed E-state index contributed by atoms with van der Waals surface area (Å²) in [5, 5.41) is 0. The van der Waals surface area contributed by atoms with Gasteiger partial charge in [-0.1, -0.05) is 50.3 Å². The van der Waals surface area contributed by atoms with Crippen molar-refractivity contribution in [2.45, 2.75) is 27.2 Å². The van der Waals surface area contributed by atoms with Gasteiger partial charge < -0.3 is 4.74 Å². The Labute approximate surface area is 103 Å². The van der Waals surface area contributed by atoms with E-state index in [-0.39, 0.29) is 11.9 Å². The third-order valence-corrected chi connectivity index (χ3v) is 2.45. The number of esters is 1. The maximum absolute atomic E-state index is 10.5. The molecule has 1 aliphatic rings. The third kappa shape index (κ3) is 4.43. The molecule has 17 heavy (non-hydrogen) atoms. The lowest BCUT2D eigenvalue weighted by Crippen LogP contribution is -2.10. The molecule has 0 radical (unpaired) electrons. The van der Waals surface area contributed by atoms with Crippen molar-refractivity contribution in [1.82, 2.24) is 0 Å². The summed E-state index contributed by atoms with van der Waals surface area (Å²) in [5.41, 5.74) is 2.84. The second kappa shape index (κ2) is 6.89. The summed E-state index contributed by atoms with van der Waals surface area (Å²) in [4.78, 5) is 10.5. The van der Waals surface area contributed by atoms with Gasteiger partial charge in [0.05, 0.1) is 12.5 Å². The van der Waals surface area contributed by atoms with Gasteiger partial charge in [0.2, 0.25) is 0 Å². The van der Waals surface area contributed by atoms with Crippen LogP contribution < -0.4 is 0 Å². The monoisotopic (exact) mass is 232 g/mol. The molecule has 0 saturated carbocycles. The number of hydrogen-bond acceptors (Lipinski definition) is 2. The molecule has 2 heteroatoms. The highest BCUT2D eigenvalue weighted by molar-refractivity contribution is 5.71. The zero-order chi connectivity index (χ0) is 12.7. The number of rotatable bonds is 2. The van der Waals surface area contributed by atoms with E-state index in [0.29, 0.717) is 6.61 Å². The number of carbonyl (C=O) groups excluding carboxylic acids is 1. The van der Waals surface area contributed by atoms with Crippen LogP contribution in [-0.4, -0.2) is 12.6 Å². The Bertz CT molecular complexity index is 392. The van der Waals surface area contributed by atoms with Gasteiger partial charge in [0, 0.05) is 0 Å². The zero-order valence-corrected chi connectivity index (χ0v) is 10.8. The lowest BCUT2D eigenvalue weighted by atomic mass is 10.1. The van der Waals surface area contributed by atoms with Gasteiger partial charge in [0.1, 0.15) is 0 Å². The topological polar surface area (TPSA) is 26.3 Å². The minimum Gasteiger partial charge on any atom is -0.466 e. The molecule has 1 aromatic carbocycles. The third-order valence-electron chi connectivity index (χ3n) is 2.45. The number of hydrogen-bond donors (Lipinski definition) is 0. The first-order chi connectivity index (χ1) is 8.15. The van der Waals surface area contributed by atoms with Crippen LogP contribution in [0.3, 0.4) is 0 Å². The summed E-state index contributed by atoms with van der Waals surface area (Å²) < 4.78 is 4.66. The van der Waals surface area contributed by atoms with Crippen LogP contribution in [0.4, 0.5) is 0 Å². The molecule has 92 valence electrons. The number of benzene rings is 1. The van der Waals surface area contributed by atoms with Crippen LogP contribution in [0.15, 0.2) is 30.3 Å². The largest absolute Gasteiger partial charge is 0.466 e. The summed E-state index contributed by atoms with van der Waals surface area (Å²) in [7, 11) is 0. The van der Waals surface area contributed by atoms with Crippen LogP contribution in [-0.2, 0) is 16.0 Å². The Balaban J connectivity index is 0.000000172. The molecule has 0 unspecified atom stereocenters. The highest BCUT2D eigenvalue weighted by atomic mass is 16.5. The molecule has 0 bridgehead atoms. The molecular weight excluding hydrogens is 212 g/mol. The molecule has 2 nitrogen and oxygen atoms in total. The first-order valence-corrected chi connectivity index (χ1v) is 6.06. The molecule has 1 aliphatic carbocycles. The van der Waals surface area contributed by atoms with E-state index in [1.54, 1.807) is 6.92 Å². The quantitative estimate of drug-likeness (QED) is 0.730. The summed E-state index contributed by atoms with van der Waals surface area (Å²) in [5.74, 6) is -0.109.